The zero-order valence-corrected chi connectivity index (χ0v) is 29.5. The van der Waals surface area contributed by atoms with Crippen molar-refractivity contribution in [3.63, 3.8) is 0 Å². The van der Waals surface area contributed by atoms with Crippen LogP contribution in [0.2, 0.25) is 5.02 Å². The van der Waals surface area contributed by atoms with Gasteiger partial charge in [0.05, 0.1) is 30.0 Å². The van der Waals surface area contributed by atoms with Gasteiger partial charge >= 0.3 is 11.8 Å². The smallest absolute Gasteiger partial charge is 0.410 e. The molecule has 0 spiro atoms. The third-order valence-corrected chi connectivity index (χ3v) is 9.53. The number of pyridine rings is 1. The van der Waals surface area contributed by atoms with Crippen molar-refractivity contribution >= 4 is 35.2 Å². The lowest BCUT2D eigenvalue weighted by molar-refractivity contribution is -0.119. The lowest BCUT2D eigenvalue weighted by Gasteiger charge is -2.30. The average molecular weight is 717 g/mol. The Morgan fingerprint density at radius 2 is 1.84 bits per heavy atom. The zero-order chi connectivity index (χ0) is 36.6. The first kappa shape index (κ1) is 35.2. The Morgan fingerprint density at radius 1 is 1.12 bits per heavy atom. The fourth-order valence-electron chi connectivity index (χ4n) is 6.47. The lowest BCUT2D eigenvalue weighted by atomic mass is 9.96. The highest BCUT2D eigenvalue weighted by Crippen LogP contribution is 2.46. The third kappa shape index (κ3) is 6.66. The number of carbonyl (C=O) groups is 3. The van der Waals surface area contributed by atoms with Gasteiger partial charge in [0.25, 0.3) is 11.5 Å². The molecule has 0 unspecified atom stereocenters. The molecule has 2 aliphatic rings. The summed E-state index contributed by atoms with van der Waals surface area (Å²) in [5.74, 6) is 0.00341. The quantitative estimate of drug-likeness (QED) is 0.258. The largest absolute Gasteiger partial charge is 0.490 e. The van der Waals surface area contributed by atoms with Crippen LogP contribution in [0.4, 0.5) is 10.5 Å². The van der Waals surface area contributed by atoms with Gasteiger partial charge in [-0.15, -0.1) is 0 Å². The number of aromatic nitrogens is 3. The predicted molar refractivity (Wildman–Crippen MR) is 189 cm³/mol. The highest BCUT2D eigenvalue weighted by atomic mass is 35.5. The van der Waals surface area contributed by atoms with Crippen molar-refractivity contribution < 1.29 is 28.6 Å². The zero-order valence-electron chi connectivity index (χ0n) is 28.7. The molecular formula is C36H37ClN6O8. The Hall–Kier alpha value is -5.63. The van der Waals surface area contributed by atoms with Crippen LogP contribution in [0.15, 0.2) is 58.3 Å². The van der Waals surface area contributed by atoms with Gasteiger partial charge in [-0.3, -0.25) is 23.9 Å². The summed E-state index contributed by atoms with van der Waals surface area (Å²) in [7, 11) is 4.27. The van der Waals surface area contributed by atoms with E-state index in [9.17, 15) is 24.0 Å². The second-order valence-electron chi connectivity index (χ2n) is 12.3. The van der Waals surface area contributed by atoms with Crippen LogP contribution in [-0.2, 0) is 23.6 Å². The van der Waals surface area contributed by atoms with Crippen molar-refractivity contribution in [3.05, 3.63) is 91.2 Å². The monoisotopic (exact) mass is 716 g/mol. The van der Waals surface area contributed by atoms with E-state index in [2.05, 4.69) is 10.6 Å². The molecule has 6 rings (SSSR count). The molecule has 2 atom stereocenters. The molecule has 2 N–H and O–H groups in total. The Kier molecular flexibility index (Phi) is 9.88. The molecule has 1 saturated heterocycles. The van der Waals surface area contributed by atoms with Crippen LogP contribution in [0.5, 0.6) is 11.6 Å². The van der Waals surface area contributed by atoms with Crippen molar-refractivity contribution in [3.8, 4) is 34.0 Å². The molecule has 14 nitrogen and oxygen atoms in total. The van der Waals surface area contributed by atoms with Crippen molar-refractivity contribution in [1.82, 2.24) is 24.3 Å². The van der Waals surface area contributed by atoms with E-state index in [1.165, 1.54) is 32.0 Å². The average Bonchev–Trinajstić information content (AvgIpc) is 3.74. The van der Waals surface area contributed by atoms with Crippen molar-refractivity contribution in [2.75, 3.05) is 32.2 Å². The highest BCUT2D eigenvalue weighted by Gasteiger charge is 2.39. The highest BCUT2D eigenvalue weighted by molar-refractivity contribution is 6.36. The number of halogens is 1. The number of fused-ring (bicyclic) bond motifs is 1. The van der Waals surface area contributed by atoms with E-state index in [0.717, 1.165) is 10.1 Å². The molecule has 3 amide bonds. The first-order chi connectivity index (χ1) is 24.4. The van der Waals surface area contributed by atoms with E-state index in [4.69, 9.17) is 30.8 Å². The van der Waals surface area contributed by atoms with Gasteiger partial charge in [-0.2, -0.15) is 0 Å². The molecule has 2 aliphatic heterocycles. The molecule has 0 radical (unpaired) electrons. The molecule has 266 valence electrons. The van der Waals surface area contributed by atoms with Crippen LogP contribution in [0, 0.1) is 6.92 Å². The third-order valence-electron chi connectivity index (χ3n) is 9.13. The summed E-state index contributed by atoms with van der Waals surface area (Å²) in [6, 6.07) is 11.8. The van der Waals surface area contributed by atoms with Crippen LogP contribution in [-0.4, -0.2) is 69.8 Å². The van der Waals surface area contributed by atoms with E-state index in [-0.39, 0.29) is 43.2 Å². The van der Waals surface area contributed by atoms with Gasteiger partial charge in [0.15, 0.2) is 0 Å². The number of amides is 3. The topological polar surface area (TPSA) is 163 Å². The Labute approximate surface area is 297 Å². The number of methoxy groups -OCH3 is 1. The van der Waals surface area contributed by atoms with Gasteiger partial charge in [-0.1, -0.05) is 41.9 Å². The summed E-state index contributed by atoms with van der Waals surface area (Å²) in [5.41, 5.74) is 2.74. The summed E-state index contributed by atoms with van der Waals surface area (Å²) in [5, 5.41) is 6.09. The number of hydrogen-bond acceptors (Lipinski definition) is 9. The van der Waals surface area contributed by atoms with Crippen LogP contribution < -0.4 is 31.4 Å². The van der Waals surface area contributed by atoms with Gasteiger partial charge < -0.3 is 29.4 Å². The molecule has 0 bridgehead atoms. The summed E-state index contributed by atoms with van der Waals surface area (Å²) in [4.78, 5) is 69.4. The Balaban J connectivity index is 1.33. The van der Waals surface area contributed by atoms with E-state index in [0.29, 0.717) is 57.2 Å². The molecule has 4 heterocycles. The second kappa shape index (κ2) is 14.3. The molecule has 1 fully saturated rings. The number of hydrogen-bond donors (Lipinski definition) is 2. The molecule has 2 aromatic carbocycles. The maximum Gasteiger partial charge on any atom is 0.410 e. The van der Waals surface area contributed by atoms with E-state index < -0.39 is 29.3 Å². The minimum absolute atomic E-state index is 0.0602. The summed E-state index contributed by atoms with van der Waals surface area (Å²) in [6.07, 6.45) is 1.67. The normalized spacial score (nSPS) is 16.2. The lowest BCUT2D eigenvalue weighted by Crippen LogP contribution is -2.44. The van der Waals surface area contributed by atoms with Gasteiger partial charge in [0, 0.05) is 62.2 Å². The predicted octanol–water partition coefficient (Wildman–Crippen LogP) is 4.21. The van der Waals surface area contributed by atoms with Gasteiger partial charge in [0.1, 0.15) is 24.0 Å². The molecule has 0 saturated carbocycles. The van der Waals surface area contributed by atoms with Crippen LogP contribution in [0.1, 0.15) is 47.3 Å². The standard InChI is InChI=1S/C36H37ClN6O8/c1-6-50-36(48)43(16-20-13-14-29(44)38-20)27-18-51-28-15-26(40-33(49-5)30(27)28)23-11-7-10-22(31(23)37)21-9-8-12-25(19(21)2)39-32(45)24-17-41(3)35(47)42(4)34(24)46/h7-12,15,17,20,27H,6,13-14,16,18H2,1-5H3,(H,38,44)(H,39,45)/t20-,27-/m0/s1. The number of carbonyl (C=O) groups excluding carboxylic acids is 3. The number of anilines is 1. The van der Waals surface area contributed by atoms with E-state index in [1.54, 1.807) is 30.0 Å². The van der Waals surface area contributed by atoms with Gasteiger partial charge in [0.2, 0.25) is 11.8 Å². The maximum atomic E-state index is 13.2. The number of benzene rings is 2. The van der Waals surface area contributed by atoms with Crippen molar-refractivity contribution in [1.29, 1.82) is 0 Å². The van der Waals surface area contributed by atoms with Gasteiger partial charge in [-0.05, 0) is 37.5 Å². The molecule has 0 aliphatic carbocycles. The molecule has 4 aromatic rings. The Bertz CT molecular complexity index is 2180. The van der Waals surface area contributed by atoms with Gasteiger partial charge in [-0.25, -0.2) is 14.6 Å². The number of nitrogens with zero attached hydrogens (tertiary/aromatic N) is 4. The molecular weight excluding hydrogens is 680 g/mol. The van der Waals surface area contributed by atoms with Crippen LogP contribution in [0.25, 0.3) is 22.4 Å². The fraction of sp³-hybridized carbons (Fsp3) is 0.333. The second-order valence-corrected chi connectivity index (χ2v) is 12.7. The first-order valence-electron chi connectivity index (χ1n) is 16.3. The Morgan fingerprint density at radius 3 is 2.55 bits per heavy atom. The number of aryl methyl sites for hydroxylation is 1. The van der Waals surface area contributed by atoms with E-state index in [1.807, 2.05) is 31.2 Å². The first-order valence-corrected chi connectivity index (χ1v) is 16.7. The SMILES string of the molecule is CCOC(=O)N(C[C@@H]1CCC(=O)N1)[C@H]1COc2cc(-c3cccc(-c4cccc(NC(=O)c5cn(C)c(=O)n(C)c5=O)c4C)c3Cl)nc(OC)c21. The number of nitrogens with one attached hydrogen (secondary N) is 2. The number of rotatable bonds is 9. The van der Waals surface area contributed by atoms with E-state index >= 15 is 0 Å². The molecule has 15 heteroatoms. The summed E-state index contributed by atoms with van der Waals surface area (Å²) < 4.78 is 19.3. The minimum atomic E-state index is -0.705. The van der Waals surface area contributed by atoms with Crippen molar-refractivity contribution in [2.24, 2.45) is 14.1 Å². The number of ether oxygens (including phenoxy) is 3. The summed E-state index contributed by atoms with van der Waals surface area (Å²) in [6.45, 7) is 4.10. The maximum absolute atomic E-state index is 13.2. The minimum Gasteiger partial charge on any atom is -0.490 e. The molecule has 51 heavy (non-hydrogen) atoms. The fourth-order valence-corrected chi connectivity index (χ4v) is 6.79. The van der Waals surface area contributed by atoms with Crippen LogP contribution >= 0.6 is 11.6 Å². The molecule has 2 aromatic heterocycles. The summed E-state index contributed by atoms with van der Waals surface area (Å²) >= 11 is 7.09. The van der Waals surface area contributed by atoms with Crippen molar-refractivity contribution in [2.45, 2.75) is 38.8 Å². The van der Waals surface area contributed by atoms with Crippen LogP contribution in [0.3, 0.4) is 0 Å².